The number of nitrogens with one attached hydrogen (secondary N) is 2. The first kappa shape index (κ1) is 24.2. The summed E-state index contributed by atoms with van der Waals surface area (Å²) in [5.74, 6) is -1.98. The zero-order chi connectivity index (χ0) is 21.6. The molecule has 0 aromatic heterocycles. The van der Waals surface area contributed by atoms with E-state index in [9.17, 15) is 19.5 Å². The first-order valence-corrected chi connectivity index (χ1v) is 9.97. The Labute approximate surface area is 167 Å². The zero-order valence-corrected chi connectivity index (χ0v) is 18.1. The summed E-state index contributed by atoms with van der Waals surface area (Å²) in [4.78, 5) is 36.4. The van der Waals surface area contributed by atoms with Gasteiger partial charge in [0.2, 0.25) is 5.91 Å². The maximum Gasteiger partial charge on any atom is 0.407 e. The lowest BCUT2D eigenvalue weighted by Crippen LogP contribution is -2.54. The van der Waals surface area contributed by atoms with Gasteiger partial charge in [-0.05, 0) is 33.1 Å². The molecule has 0 radical (unpaired) electrons. The molecule has 2 amide bonds. The number of carbonyl (C=O) groups is 3. The van der Waals surface area contributed by atoms with Crippen molar-refractivity contribution in [3.05, 3.63) is 0 Å². The largest absolute Gasteiger partial charge is 0.469 e. The first-order chi connectivity index (χ1) is 12.9. The third kappa shape index (κ3) is 6.36. The third-order valence-electron chi connectivity index (χ3n) is 5.33. The van der Waals surface area contributed by atoms with Crippen molar-refractivity contribution in [3.8, 4) is 0 Å². The van der Waals surface area contributed by atoms with Crippen LogP contribution in [0.1, 0.15) is 60.8 Å². The van der Waals surface area contributed by atoms with E-state index in [0.717, 1.165) is 12.8 Å². The standard InChI is InChI=1S/C20H36N2O6/c1-8-12(9-2)16(21-11(3)23)15-14(22-19(26)28-20(4,5)6)10-13(17(15)24)18(25)27-7/h12-17,24H,8-10H2,1-7H3,(H,21,23)(H,22,26)/t13-,14+,15+,16?,17+/m0/s1. The molecule has 0 bridgehead atoms. The maximum absolute atomic E-state index is 12.3. The zero-order valence-electron chi connectivity index (χ0n) is 18.1. The molecule has 1 unspecified atom stereocenters. The number of aliphatic hydroxyl groups excluding tert-OH is 1. The first-order valence-electron chi connectivity index (χ1n) is 9.97. The molecule has 8 heteroatoms. The van der Waals surface area contributed by atoms with Gasteiger partial charge in [-0.2, -0.15) is 0 Å². The molecule has 162 valence electrons. The number of alkyl carbamates (subject to hydrolysis) is 1. The molecule has 3 N–H and O–H groups in total. The van der Waals surface area contributed by atoms with Gasteiger partial charge in [0, 0.05) is 24.9 Å². The number of amides is 2. The highest BCUT2D eigenvalue weighted by molar-refractivity contribution is 5.75. The molecule has 1 rings (SSSR count). The number of methoxy groups -OCH3 is 1. The molecule has 1 aliphatic rings. The number of ether oxygens (including phenoxy) is 2. The van der Waals surface area contributed by atoms with Gasteiger partial charge in [-0.15, -0.1) is 0 Å². The molecule has 0 spiro atoms. The molecule has 0 saturated heterocycles. The normalized spacial score (nSPS) is 25.9. The highest BCUT2D eigenvalue weighted by Crippen LogP contribution is 2.38. The summed E-state index contributed by atoms with van der Waals surface area (Å²) in [6.07, 6.45) is 0.115. The quantitative estimate of drug-likeness (QED) is 0.563. The van der Waals surface area contributed by atoms with E-state index in [2.05, 4.69) is 10.6 Å². The molecule has 1 aliphatic carbocycles. The van der Waals surface area contributed by atoms with Gasteiger partial charge in [-0.1, -0.05) is 26.7 Å². The highest BCUT2D eigenvalue weighted by Gasteiger charge is 2.51. The van der Waals surface area contributed by atoms with Crippen molar-refractivity contribution in [3.63, 3.8) is 0 Å². The fourth-order valence-electron chi connectivity index (χ4n) is 4.10. The number of carbonyl (C=O) groups excluding carboxylic acids is 3. The SMILES string of the molecule is CCC(CC)C(NC(C)=O)[C@@H]1[C@H](O)[C@@H](C(=O)OC)C[C@H]1NC(=O)OC(C)(C)C. The molecule has 1 saturated carbocycles. The van der Waals surface area contributed by atoms with E-state index >= 15 is 0 Å². The van der Waals surface area contributed by atoms with Crippen molar-refractivity contribution in [2.24, 2.45) is 17.8 Å². The van der Waals surface area contributed by atoms with Crippen molar-refractivity contribution in [1.82, 2.24) is 10.6 Å². The Balaban J connectivity index is 3.21. The lowest BCUT2D eigenvalue weighted by atomic mass is 9.80. The summed E-state index contributed by atoms with van der Waals surface area (Å²) >= 11 is 0. The minimum atomic E-state index is -1.05. The van der Waals surface area contributed by atoms with Crippen LogP contribution in [0, 0.1) is 17.8 Å². The summed E-state index contributed by atoms with van der Waals surface area (Å²) < 4.78 is 10.2. The number of aliphatic hydroxyl groups is 1. The minimum absolute atomic E-state index is 0.0860. The van der Waals surface area contributed by atoms with Crippen LogP contribution in [0.4, 0.5) is 4.79 Å². The molecule has 5 atom stereocenters. The summed E-state index contributed by atoms with van der Waals surface area (Å²) in [6, 6.07) is -0.927. The average Bonchev–Trinajstić information content (AvgIpc) is 2.88. The maximum atomic E-state index is 12.3. The van der Waals surface area contributed by atoms with E-state index in [0.29, 0.717) is 0 Å². The van der Waals surface area contributed by atoms with Crippen molar-refractivity contribution in [2.45, 2.75) is 84.6 Å². The molecule has 1 fully saturated rings. The van der Waals surface area contributed by atoms with Crippen LogP contribution in [-0.2, 0) is 19.1 Å². The summed E-state index contributed by atoms with van der Waals surface area (Å²) in [5, 5.41) is 16.7. The highest BCUT2D eigenvalue weighted by atomic mass is 16.6. The molecule has 0 aromatic carbocycles. The van der Waals surface area contributed by atoms with Gasteiger partial charge >= 0.3 is 12.1 Å². The van der Waals surface area contributed by atoms with Crippen LogP contribution in [0.25, 0.3) is 0 Å². The predicted octanol–water partition coefficient (Wildman–Crippen LogP) is 1.99. The van der Waals surface area contributed by atoms with Gasteiger partial charge in [0.15, 0.2) is 0 Å². The van der Waals surface area contributed by atoms with Gasteiger partial charge in [0.05, 0.1) is 19.1 Å². The summed E-state index contributed by atoms with van der Waals surface area (Å²) in [5.41, 5.74) is -0.676. The van der Waals surface area contributed by atoms with Gasteiger partial charge < -0.3 is 25.2 Å². The van der Waals surface area contributed by atoms with Crippen molar-refractivity contribution >= 4 is 18.0 Å². The van der Waals surface area contributed by atoms with Gasteiger partial charge in [0.1, 0.15) is 5.60 Å². The number of hydrogen-bond donors (Lipinski definition) is 3. The fourth-order valence-corrected chi connectivity index (χ4v) is 4.10. The molecular formula is C20H36N2O6. The van der Waals surface area contributed by atoms with Crippen LogP contribution in [0.15, 0.2) is 0 Å². The van der Waals surface area contributed by atoms with E-state index < -0.39 is 47.7 Å². The van der Waals surface area contributed by atoms with Crippen LogP contribution in [0.2, 0.25) is 0 Å². The Morgan fingerprint density at radius 3 is 2.18 bits per heavy atom. The van der Waals surface area contributed by atoms with E-state index in [1.807, 2.05) is 13.8 Å². The topological polar surface area (TPSA) is 114 Å². The molecule has 0 aliphatic heterocycles. The minimum Gasteiger partial charge on any atom is -0.469 e. The average molecular weight is 401 g/mol. The van der Waals surface area contributed by atoms with Crippen LogP contribution >= 0.6 is 0 Å². The second-order valence-electron chi connectivity index (χ2n) is 8.49. The summed E-state index contributed by atoms with van der Waals surface area (Å²) in [6.45, 7) is 10.7. The third-order valence-corrected chi connectivity index (χ3v) is 5.33. The second kappa shape index (κ2) is 10.1. The van der Waals surface area contributed by atoms with E-state index in [1.165, 1.54) is 14.0 Å². The van der Waals surface area contributed by atoms with Crippen molar-refractivity contribution in [1.29, 1.82) is 0 Å². The molecule has 28 heavy (non-hydrogen) atoms. The van der Waals surface area contributed by atoms with Crippen LogP contribution in [0.3, 0.4) is 0 Å². The van der Waals surface area contributed by atoms with Gasteiger partial charge in [-0.25, -0.2) is 4.79 Å². The Bertz CT molecular complexity index is 555. The molecular weight excluding hydrogens is 364 g/mol. The fraction of sp³-hybridized carbons (Fsp3) is 0.850. The Hall–Kier alpha value is -1.83. The number of esters is 1. The lowest BCUT2D eigenvalue weighted by Gasteiger charge is -2.36. The van der Waals surface area contributed by atoms with Gasteiger partial charge in [0.25, 0.3) is 0 Å². The van der Waals surface area contributed by atoms with Crippen LogP contribution < -0.4 is 10.6 Å². The predicted molar refractivity (Wildman–Crippen MR) is 104 cm³/mol. The second-order valence-corrected chi connectivity index (χ2v) is 8.49. The smallest absolute Gasteiger partial charge is 0.407 e. The lowest BCUT2D eigenvalue weighted by molar-refractivity contribution is -0.149. The number of rotatable bonds is 7. The van der Waals surface area contributed by atoms with Gasteiger partial charge in [-0.3, -0.25) is 9.59 Å². The van der Waals surface area contributed by atoms with E-state index in [4.69, 9.17) is 9.47 Å². The summed E-state index contributed by atoms with van der Waals surface area (Å²) in [7, 11) is 1.27. The Morgan fingerprint density at radius 2 is 1.75 bits per heavy atom. The van der Waals surface area contributed by atoms with Crippen LogP contribution in [-0.4, -0.2) is 54.0 Å². The number of hydrogen-bond acceptors (Lipinski definition) is 6. The Kier molecular flexibility index (Phi) is 8.73. The Morgan fingerprint density at radius 1 is 1.18 bits per heavy atom. The molecule has 0 aromatic rings. The monoisotopic (exact) mass is 400 g/mol. The van der Waals surface area contributed by atoms with Crippen molar-refractivity contribution < 1.29 is 29.0 Å². The van der Waals surface area contributed by atoms with E-state index in [1.54, 1.807) is 20.8 Å². The van der Waals surface area contributed by atoms with E-state index in [-0.39, 0.29) is 18.2 Å². The van der Waals surface area contributed by atoms with Crippen molar-refractivity contribution in [2.75, 3.05) is 7.11 Å². The van der Waals surface area contributed by atoms with Crippen LogP contribution in [0.5, 0.6) is 0 Å². The molecule has 8 nitrogen and oxygen atoms in total. The molecule has 0 heterocycles.